The van der Waals surface area contributed by atoms with Crippen LogP contribution in [0.15, 0.2) is 0 Å². The van der Waals surface area contributed by atoms with Crippen LogP contribution >= 0.6 is 0 Å². The topological polar surface area (TPSA) is 113 Å². The number of nitro groups is 1. The van der Waals surface area contributed by atoms with Gasteiger partial charge in [-0.3, -0.25) is 10.1 Å². The van der Waals surface area contributed by atoms with Crippen molar-refractivity contribution >= 4 is 17.5 Å². The van der Waals surface area contributed by atoms with Gasteiger partial charge in [-0.1, -0.05) is 13.8 Å². The van der Waals surface area contributed by atoms with Crippen LogP contribution in [0.2, 0.25) is 0 Å². The Hall–Kier alpha value is -1.96. The highest BCUT2D eigenvalue weighted by Crippen LogP contribution is 2.27. The van der Waals surface area contributed by atoms with E-state index in [4.69, 9.17) is 0 Å². The Bertz CT molecular complexity index is 490. The summed E-state index contributed by atoms with van der Waals surface area (Å²) in [5.41, 5.74) is -0.240. The van der Waals surface area contributed by atoms with E-state index >= 15 is 0 Å². The fourth-order valence-electron chi connectivity index (χ4n) is 1.52. The number of aromatic nitrogens is 2. The summed E-state index contributed by atoms with van der Waals surface area (Å²) in [4.78, 5) is 18.8. The number of rotatable bonds is 7. The minimum absolute atomic E-state index is 0.0298. The summed E-state index contributed by atoms with van der Waals surface area (Å²) in [6, 6.07) is 0. The molecule has 1 rings (SSSR count). The van der Waals surface area contributed by atoms with E-state index in [1.165, 1.54) is 0 Å². The second-order valence-corrected chi connectivity index (χ2v) is 5.29. The van der Waals surface area contributed by atoms with Gasteiger partial charge in [-0.05, 0) is 13.8 Å². The molecule has 0 atom stereocenters. The van der Waals surface area contributed by atoms with E-state index in [-0.39, 0.29) is 18.1 Å². The van der Waals surface area contributed by atoms with Crippen LogP contribution in [0.25, 0.3) is 0 Å². The molecule has 0 amide bonds. The molecular formula is C12H21N5O3. The molecule has 0 saturated heterocycles. The Morgan fingerprint density at radius 1 is 1.35 bits per heavy atom. The van der Waals surface area contributed by atoms with Gasteiger partial charge in [0.05, 0.1) is 4.92 Å². The Kier molecular flexibility index (Phi) is 5.20. The molecule has 0 aliphatic rings. The molecule has 1 aromatic rings. The second kappa shape index (κ2) is 6.47. The van der Waals surface area contributed by atoms with Gasteiger partial charge >= 0.3 is 5.69 Å². The van der Waals surface area contributed by atoms with E-state index in [1.54, 1.807) is 6.92 Å². The molecule has 20 heavy (non-hydrogen) atoms. The van der Waals surface area contributed by atoms with Crippen molar-refractivity contribution in [3.8, 4) is 0 Å². The summed E-state index contributed by atoms with van der Waals surface area (Å²) in [6.45, 7) is 8.13. The molecule has 0 spiro atoms. The van der Waals surface area contributed by atoms with E-state index in [9.17, 15) is 15.2 Å². The van der Waals surface area contributed by atoms with Crippen molar-refractivity contribution in [3.63, 3.8) is 0 Å². The zero-order valence-corrected chi connectivity index (χ0v) is 12.2. The van der Waals surface area contributed by atoms with Crippen molar-refractivity contribution in [2.75, 3.05) is 30.3 Å². The SMILES string of the molecule is CCNc1nc(C)c([N+](=O)[O-])c(NCC(C)(C)CO)n1. The molecule has 1 heterocycles. The maximum atomic E-state index is 11.1. The Balaban J connectivity index is 3.10. The van der Waals surface area contributed by atoms with Gasteiger partial charge in [0.25, 0.3) is 0 Å². The molecule has 0 radical (unpaired) electrons. The zero-order valence-electron chi connectivity index (χ0n) is 12.2. The van der Waals surface area contributed by atoms with Crippen LogP contribution in [0.3, 0.4) is 0 Å². The van der Waals surface area contributed by atoms with Crippen LogP contribution in [-0.4, -0.2) is 39.7 Å². The summed E-state index contributed by atoms with van der Waals surface area (Å²) in [6.07, 6.45) is 0. The standard InChI is InChI=1S/C12H21N5O3/c1-5-13-11-15-8(2)9(17(19)20)10(16-11)14-6-12(3,4)7-18/h18H,5-7H2,1-4H3,(H2,13,14,15,16). The Morgan fingerprint density at radius 2 is 2.00 bits per heavy atom. The van der Waals surface area contributed by atoms with Crippen LogP contribution < -0.4 is 10.6 Å². The molecule has 3 N–H and O–H groups in total. The first kappa shape index (κ1) is 16.1. The molecule has 1 aromatic heterocycles. The average molecular weight is 283 g/mol. The predicted molar refractivity (Wildman–Crippen MR) is 76.9 cm³/mol. The van der Waals surface area contributed by atoms with Crippen LogP contribution in [0.4, 0.5) is 17.5 Å². The summed E-state index contributed by atoms with van der Waals surface area (Å²) in [5, 5.41) is 26.2. The van der Waals surface area contributed by atoms with Crippen LogP contribution in [0, 0.1) is 22.5 Å². The smallest absolute Gasteiger partial charge is 0.332 e. The van der Waals surface area contributed by atoms with Crippen LogP contribution in [0.5, 0.6) is 0 Å². The summed E-state index contributed by atoms with van der Waals surface area (Å²) in [7, 11) is 0. The van der Waals surface area contributed by atoms with E-state index < -0.39 is 10.3 Å². The van der Waals surface area contributed by atoms with Crippen molar-refractivity contribution < 1.29 is 10.0 Å². The van der Waals surface area contributed by atoms with Gasteiger partial charge in [0.2, 0.25) is 11.8 Å². The van der Waals surface area contributed by atoms with Gasteiger partial charge in [-0.2, -0.15) is 4.98 Å². The minimum Gasteiger partial charge on any atom is -0.396 e. The average Bonchev–Trinajstić information content (AvgIpc) is 2.36. The van der Waals surface area contributed by atoms with E-state index in [0.29, 0.717) is 24.7 Å². The first-order valence-corrected chi connectivity index (χ1v) is 6.42. The number of aryl methyl sites for hydroxylation is 1. The van der Waals surface area contributed by atoms with Gasteiger partial charge < -0.3 is 15.7 Å². The molecule has 0 saturated carbocycles. The maximum absolute atomic E-state index is 11.1. The summed E-state index contributed by atoms with van der Waals surface area (Å²) >= 11 is 0. The van der Waals surface area contributed by atoms with Crippen molar-refractivity contribution in [2.24, 2.45) is 5.41 Å². The quantitative estimate of drug-likeness (QED) is 0.514. The third-order valence-corrected chi connectivity index (χ3v) is 2.74. The molecule has 0 aliphatic heterocycles. The van der Waals surface area contributed by atoms with Crippen molar-refractivity contribution in [1.29, 1.82) is 0 Å². The van der Waals surface area contributed by atoms with E-state index in [2.05, 4.69) is 20.6 Å². The second-order valence-electron chi connectivity index (χ2n) is 5.29. The predicted octanol–water partition coefficient (Wildman–Crippen LogP) is 1.56. The first-order valence-electron chi connectivity index (χ1n) is 6.42. The van der Waals surface area contributed by atoms with Crippen molar-refractivity contribution in [3.05, 3.63) is 15.8 Å². The molecule has 0 fully saturated rings. The molecule has 0 bridgehead atoms. The summed E-state index contributed by atoms with van der Waals surface area (Å²) in [5.74, 6) is 0.514. The van der Waals surface area contributed by atoms with Crippen LogP contribution in [-0.2, 0) is 0 Å². The molecule has 0 unspecified atom stereocenters. The number of aliphatic hydroxyl groups excluding tert-OH is 1. The molecule has 0 aliphatic carbocycles. The lowest BCUT2D eigenvalue weighted by Crippen LogP contribution is -2.27. The van der Waals surface area contributed by atoms with Crippen molar-refractivity contribution in [2.45, 2.75) is 27.7 Å². The third kappa shape index (κ3) is 4.02. The minimum atomic E-state index is -0.501. The van der Waals surface area contributed by atoms with Gasteiger partial charge in [0.1, 0.15) is 5.69 Å². The highest BCUT2D eigenvalue weighted by molar-refractivity contribution is 5.60. The Morgan fingerprint density at radius 3 is 2.50 bits per heavy atom. The number of hydrogen-bond acceptors (Lipinski definition) is 7. The Labute approximate surface area is 117 Å². The number of hydrogen-bond donors (Lipinski definition) is 3. The normalized spacial score (nSPS) is 11.2. The molecule has 8 heteroatoms. The largest absolute Gasteiger partial charge is 0.396 e. The lowest BCUT2D eigenvalue weighted by atomic mass is 9.95. The third-order valence-electron chi connectivity index (χ3n) is 2.74. The lowest BCUT2D eigenvalue weighted by Gasteiger charge is -2.22. The van der Waals surface area contributed by atoms with Gasteiger partial charge in [0.15, 0.2) is 0 Å². The van der Waals surface area contributed by atoms with E-state index in [0.717, 1.165) is 0 Å². The molecule has 112 valence electrons. The number of anilines is 2. The highest BCUT2D eigenvalue weighted by atomic mass is 16.6. The molecule has 0 aromatic carbocycles. The van der Waals surface area contributed by atoms with Gasteiger partial charge in [0, 0.05) is 25.1 Å². The lowest BCUT2D eigenvalue weighted by molar-refractivity contribution is -0.385. The maximum Gasteiger partial charge on any atom is 0.332 e. The first-order chi connectivity index (χ1) is 9.30. The number of nitrogens with zero attached hydrogens (tertiary/aromatic N) is 3. The highest BCUT2D eigenvalue weighted by Gasteiger charge is 2.24. The monoisotopic (exact) mass is 283 g/mol. The number of aliphatic hydroxyl groups is 1. The number of nitrogens with one attached hydrogen (secondary N) is 2. The van der Waals surface area contributed by atoms with Crippen LogP contribution in [0.1, 0.15) is 26.5 Å². The fourth-order valence-corrected chi connectivity index (χ4v) is 1.52. The van der Waals surface area contributed by atoms with Crippen molar-refractivity contribution in [1.82, 2.24) is 9.97 Å². The van der Waals surface area contributed by atoms with E-state index in [1.807, 2.05) is 20.8 Å². The molecular weight excluding hydrogens is 262 g/mol. The molecule has 8 nitrogen and oxygen atoms in total. The summed E-state index contributed by atoms with van der Waals surface area (Å²) < 4.78 is 0. The fraction of sp³-hybridized carbons (Fsp3) is 0.667. The van der Waals surface area contributed by atoms with Gasteiger partial charge in [-0.25, -0.2) is 4.98 Å². The zero-order chi connectivity index (χ0) is 15.3. The van der Waals surface area contributed by atoms with Gasteiger partial charge in [-0.15, -0.1) is 0 Å².